The molecule has 6 aromatic carbocycles. The third kappa shape index (κ3) is 9.81. The van der Waals surface area contributed by atoms with E-state index in [0.717, 1.165) is 88.0 Å². The number of rotatable bonds is 16. The van der Waals surface area contributed by atoms with E-state index in [0.29, 0.717) is 17.2 Å². The van der Waals surface area contributed by atoms with Crippen LogP contribution in [0.15, 0.2) is 133 Å². The molecular weight excluding hydrogens is 805 g/mol. The second-order valence-corrected chi connectivity index (χ2v) is 26.5. The van der Waals surface area contributed by atoms with Gasteiger partial charge in [0.05, 0.1) is 12.5 Å². The third-order valence-corrected chi connectivity index (χ3v) is 19.5. The maximum atomic E-state index is 13.7. The highest BCUT2D eigenvalue weighted by molar-refractivity contribution is 6.84. The Balaban J connectivity index is 1.04. The highest BCUT2D eigenvalue weighted by Crippen LogP contribution is 2.57. The molecule has 0 bridgehead atoms. The van der Waals surface area contributed by atoms with Crippen molar-refractivity contribution < 1.29 is 32.7 Å². The summed E-state index contributed by atoms with van der Waals surface area (Å²) in [6.45, 7) is 14.7. The SMILES string of the molecule is COc1cc(C2(c3ccc(C)c(OC(=O)Oc4ccccc4CCC[Si](C)(C)O[Si](C)(C)CCCc4cccc(OC(C)=O)c4)c3)c3ccccc3-c3ccccc32)ccc1C. The molecule has 0 atom stereocenters. The third-order valence-electron chi connectivity index (χ3n) is 12.0. The number of esters is 1. The number of ether oxygens (including phenoxy) is 4. The Morgan fingerprint density at radius 1 is 0.565 bits per heavy atom. The Hall–Kier alpha value is -5.75. The molecule has 0 spiro atoms. The largest absolute Gasteiger partial charge is 0.519 e. The second kappa shape index (κ2) is 18.7. The molecule has 0 fully saturated rings. The van der Waals surface area contributed by atoms with E-state index < -0.39 is 28.2 Å². The number of benzene rings is 6. The van der Waals surface area contributed by atoms with Crippen LogP contribution in [-0.2, 0) is 27.2 Å². The standard InChI is InChI=1S/C53H58O7Si2/c1-37-28-30-42(35-50(37)56-4)53(47-25-12-10-23-45(47)46-24-11-13-26-48(46)53)43-31-29-38(2)51(36-43)59-52(55)58-49-27-14-9-20-41(49)21-17-33-62(7,8)60-61(5,6)32-16-19-40-18-15-22-44(34-40)57-39(3)54/h9-15,18,20,22-31,34-36H,16-17,19,21,32-33H2,1-8H3. The minimum atomic E-state index is -1.99. The van der Waals surface area contributed by atoms with Crippen LogP contribution in [0.25, 0.3) is 11.1 Å². The molecule has 0 aromatic heterocycles. The summed E-state index contributed by atoms with van der Waals surface area (Å²) in [5.41, 5.74) is 9.97. The van der Waals surface area contributed by atoms with Crippen LogP contribution in [0.1, 0.15) is 64.3 Å². The summed E-state index contributed by atoms with van der Waals surface area (Å²) in [7, 11) is -2.21. The summed E-state index contributed by atoms with van der Waals surface area (Å²) in [5, 5.41) is 0. The van der Waals surface area contributed by atoms with Crippen molar-refractivity contribution >= 4 is 28.8 Å². The average molecular weight is 863 g/mol. The molecule has 320 valence electrons. The van der Waals surface area contributed by atoms with Crippen LogP contribution < -0.4 is 18.9 Å². The van der Waals surface area contributed by atoms with E-state index in [-0.39, 0.29) is 5.97 Å². The first-order valence-electron chi connectivity index (χ1n) is 21.6. The van der Waals surface area contributed by atoms with Crippen LogP contribution in [0.5, 0.6) is 23.0 Å². The molecule has 0 N–H and O–H groups in total. The zero-order chi connectivity index (χ0) is 44.1. The van der Waals surface area contributed by atoms with Crippen molar-refractivity contribution in [2.45, 2.75) is 90.1 Å². The Morgan fingerprint density at radius 3 is 1.74 bits per heavy atom. The van der Waals surface area contributed by atoms with E-state index in [1.807, 2.05) is 61.5 Å². The highest BCUT2D eigenvalue weighted by Gasteiger charge is 2.46. The summed E-state index contributed by atoms with van der Waals surface area (Å²) < 4.78 is 30.2. The predicted molar refractivity (Wildman–Crippen MR) is 253 cm³/mol. The zero-order valence-corrected chi connectivity index (χ0v) is 39.3. The number of hydrogen-bond donors (Lipinski definition) is 0. The lowest BCUT2D eigenvalue weighted by molar-refractivity contribution is -0.131. The van der Waals surface area contributed by atoms with Gasteiger partial charge >= 0.3 is 12.1 Å². The summed E-state index contributed by atoms with van der Waals surface area (Å²) >= 11 is 0. The molecule has 7 nitrogen and oxygen atoms in total. The molecule has 0 saturated carbocycles. The smallest absolute Gasteiger partial charge is 0.496 e. The lowest BCUT2D eigenvalue weighted by Crippen LogP contribution is -2.44. The van der Waals surface area contributed by atoms with Crippen LogP contribution in [0, 0.1) is 13.8 Å². The number of methoxy groups -OCH3 is 1. The van der Waals surface area contributed by atoms with Crippen molar-refractivity contribution in [3.63, 3.8) is 0 Å². The Labute approximate surface area is 369 Å². The van der Waals surface area contributed by atoms with Crippen LogP contribution in [0.2, 0.25) is 38.3 Å². The van der Waals surface area contributed by atoms with Crippen LogP contribution in [-0.4, -0.2) is 35.9 Å². The van der Waals surface area contributed by atoms with E-state index in [9.17, 15) is 9.59 Å². The van der Waals surface area contributed by atoms with E-state index in [4.69, 9.17) is 23.1 Å². The van der Waals surface area contributed by atoms with Gasteiger partial charge in [0, 0.05) is 6.92 Å². The Morgan fingerprint density at radius 2 is 1.11 bits per heavy atom. The fraction of sp³-hybridized carbons (Fsp3) is 0.283. The van der Waals surface area contributed by atoms with Crippen molar-refractivity contribution in [3.8, 4) is 34.1 Å². The van der Waals surface area contributed by atoms with Crippen molar-refractivity contribution in [2.24, 2.45) is 0 Å². The van der Waals surface area contributed by atoms with Gasteiger partial charge in [-0.05, 0) is 164 Å². The lowest BCUT2D eigenvalue weighted by Gasteiger charge is -2.34. The van der Waals surface area contributed by atoms with E-state index >= 15 is 0 Å². The molecule has 1 aliphatic carbocycles. The van der Waals surface area contributed by atoms with Crippen LogP contribution in [0.3, 0.4) is 0 Å². The minimum Gasteiger partial charge on any atom is -0.496 e. The molecular formula is C53H58O7Si2. The maximum absolute atomic E-state index is 13.7. The average Bonchev–Trinajstić information content (AvgIpc) is 3.53. The molecule has 7 rings (SSSR count). The van der Waals surface area contributed by atoms with Gasteiger partial charge in [-0.3, -0.25) is 4.79 Å². The molecule has 0 unspecified atom stereocenters. The van der Waals surface area contributed by atoms with Crippen molar-refractivity contribution in [1.82, 2.24) is 0 Å². The summed E-state index contributed by atoms with van der Waals surface area (Å²) in [5.74, 6) is 2.04. The van der Waals surface area contributed by atoms with E-state index in [1.54, 1.807) is 7.11 Å². The van der Waals surface area contributed by atoms with E-state index in [1.165, 1.54) is 18.1 Å². The quantitative estimate of drug-likeness (QED) is 0.0414. The van der Waals surface area contributed by atoms with Crippen LogP contribution >= 0.6 is 0 Å². The van der Waals surface area contributed by atoms with Gasteiger partial charge in [-0.1, -0.05) is 103 Å². The first kappa shape index (κ1) is 44.3. The maximum Gasteiger partial charge on any atom is 0.519 e. The zero-order valence-electron chi connectivity index (χ0n) is 37.3. The first-order valence-corrected chi connectivity index (χ1v) is 27.8. The van der Waals surface area contributed by atoms with Crippen molar-refractivity contribution in [1.29, 1.82) is 0 Å². The topological polar surface area (TPSA) is 80.3 Å². The van der Waals surface area contributed by atoms with Gasteiger partial charge < -0.3 is 23.1 Å². The molecule has 6 aromatic rings. The Bertz CT molecular complexity index is 2530. The van der Waals surface area contributed by atoms with Gasteiger partial charge in [0.15, 0.2) is 16.6 Å². The molecule has 62 heavy (non-hydrogen) atoms. The van der Waals surface area contributed by atoms with Gasteiger partial charge in [-0.15, -0.1) is 0 Å². The molecule has 0 aliphatic heterocycles. The fourth-order valence-corrected chi connectivity index (χ4v) is 18.1. The minimum absolute atomic E-state index is 0.310. The molecule has 9 heteroatoms. The molecule has 0 heterocycles. The normalized spacial score (nSPS) is 12.9. The molecule has 0 amide bonds. The van der Waals surface area contributed by atoms with Gasteiger partial charge in [-0.2, -0.15) is 0 Å². The van der Waals surface area contributed by atoms with Crippen molar-refractivity contribution in [3.05, 3.63) is 178 Å². The van der Waals surface area contributed by atoms with Gasteiger partial charge in [-0.25, -0.2) is 4.79 Å². The van der Waals surface area contributed by atoms with Gasteiger partial charge in [0.1, 0.15) is 23.0 Å². The number of aryl methyl sites for hydroxylation is 4. The number of carbonyl (C=O) groups is 2. The number of para-hydroxylation sites is 1. The predicted octanol–water partition coefficient (Wildman–Crippen LogP) is 13.2. The number of carbonyl (C=O) groups excluding carboxylic acids is 2. The Kier molecular flexibility index (Phi) is 13.4. The second-order valence-electron chi connectivity index (χ2n) is 17.6. The number of hydrogen-bond acceptors (Lipinski definition) is 7. The lowest BCUT2D eigenvalue weighted by atomic mass is 9.67. The monoisotopic (exact) mass is 862 g/mol. The summed E-state index contributed by atoms with van der Waals surface area (Å²) in [6, 6.07) is 47.2. The van der Waals surface area contributed by atoms with Crippen LogP contribution in [0.4, 0.5) is 4.79 Å². The van der Waals surface area contributed by atoms with Crippen molar-refractivity contribution in [2.75, 3.05) is 7.11 Å². The summed E-state index contributed by atoms with van der Waals surface area (Å²) in [4.78, 5) is 25.1. The summed E-state index contributed by atoms with van der Waals surface area (Å²) in [6.07, 6.45) is 2.81. The highest BCUT2D eigenvalue weighted by atomic mass is 28.4. The molecule has 0 saturated heterocycles. The number of fused-ring (bicyclic) bond motifs is 3. The molecule has 1 aliphatic rings. The first-order chi connectivity index (χ1) is 29.7. The van der Waals surface area contributed by atoms with Gasteiger partial charge in [0.25, 0.3) is 0 Å². The van der Waals surface area contributed by atoms with Gasteiger partial charge in [0.2, 0.25) is 0 Å². The molecule has 0 radical (unpaired) electrons. The fourth-order valence-electron chi connectivity index (χ4n) is 9.23. The van der Waals surface area contributed by atoms with E-state index in [2.05, 4.69) is 112 Å².